The number of rotatable bonds is 7. The molecule has 6 nitrogen and oxygen atoms in total. The molecule has 0 bridgehead atoms. The zero-order chi connectivity index (χ0) is 22.3. The molecule has 0 spiro atoms. The van der Waals surface area contributed by atoms with Gasteiger partial charge in [0.15, 0.2) is 0 Å². The van der Waals surface area contributed by atoms with Gasteiger partial charge in [-0.1, -0.05) is 6.07 Å². The van der Waals surface area contributed by atoms with Crippen LogP contribution in [-0.4, -0.2) is 77.9 Å². The molecule has 0 saturated carbocycles. The first-order valence-electron chi connectivity index (χ1n) is 10.8. The summed E-state index contributed by atoms with van der Waals surface area (Å²) in [4.78, 5) is 9.11. The highest BCUT2D eigenvalue weighted by Crippen LogP contribution is 2.41. The number of hydrogen-bond acceptors (Lipinski definition) is 3. The van der Waals surface area contributed by atoms with Gasteiger partial charge in [-0.3, -0.25) is 0 Å². The number of H-pyrrole nitrogens is 2. The summed E-state index contributed by atoms with van der Waals surface area (Å²) in [6, 6.07) is 9.33. The number of likely N-dealkylation sites (N-methyl/N-ethyl adjacent to an activating group) is 2. The molecule has 2 aromatic carbocycles. The largest absolute Gasteiger partial charge is 0.507 e. The van der Waals surface area contributed by atoms with E-state index in [9.17, 15) is 10.2 Å². The van der Waals surface area contributed by atoms with Gasteiger partial charge in [0.2, 0.25) is 0 Å². The molecule has 4 rings (SSSR count). The van der Waals surface area contributed by atoms with Crippen molar-refractivity contribution in [3.8, 4) is 22.8 Å². The Morgan fingerprint density at radius 1 is 0.935 bits per heavy atom. The summed E-state index contributed by atoms with van der Waals surface area (Å²) in [5.74, 6) is 0.587. The average molecular weight is 422 g/mol. The van der Waals surface area contributed by atoms with Gasteiger partial charge in [-0.05, 0) is 55.9 Å². The molecule has 31 heavy (non-hydrogen) atoms. The Balaban J connectivity index is 1.89. The maximum absolute atomic E-state index is 10.7. The van der Waals surface area contributed by atoms with Crippen molar-refractivity contribution in [1.82, 2.24) is 14.9 Å². The van der Waals surface area contributed by atoms with E-state index in [-0.39, 0.29) is 0 Å². The number of fused-ring (bicyclic) bond motifs is 2. The number of aromatic hydroxyl groups is 2. The lowest BCUT2D eigenvalue weighted by molar-refractivity contribution is -0.870. The molecule has 0 aliphatic heterocycles. The number of nitrogens with zero attached hydrogens (tertiary/aromatic N) is 2. The standard InChI is InChI=1S/C25H32N4O2/c1-28(2)13-11-17-23-19(7-6-8-20(23)30)27-24(17)18-9-10-21(31)22-16(15-26-25(18)22)12-14-29(3,4)5/h6-10,15,26-27H,11-14H2,1-5H3,(H-,30,31)/p+1. The summed E-state index contributed by atoms with van der Waals surface area (Å²) in [7, 11) is 10.6. The molecule has 0 radical (unpaired) electrons. The first-order chi connectivity index (χ1) is 14.7. The molecular formula is C25H33N4O2+. The van der Waals surface area contributed by atoms with Crippen molar-refractivity contribution in [2.75, 3.05) is 48.3 Å². The Labute approximate surface area is 183 Å². The van der Waals surface area contributed by atoms with Crippen molar-refractivity contribution < 1.29 is 14.7 Å². The topological polar surface area (TPSA) is 75.3 Å². The van der Waals surface area contributed by atoms with Crippen molar-refractivity contribution in [2.24, 2.45) is 0 Å². The SMILES string of the molecule is CN(C)CCc1c(-c2ccc(O)c3c(CC[N+](C)(C)C)c[nH]c23)[nH]c2cccc(O)c12. The molecule has 164 valence electrons. The first kappa shape index (κ1) is 21.3. The minimum absolute atomic E-state index is 0.291. The quantitative estimate of drug-likeness (QED) is 0.340. The monoisotopic (exact) mass is 421 g/mol. The summed E-state index contributed by atoms with van der Waals surface area (Å²) >= 11 is 0. The highest BCUT2D eigenvalue weighted by Gasteiger charge is 2.21. The van der Waals surface area contributed by atoms with E-state index in [1.54, 1.807) is 12.1 Å². The average Bonchev–Trinajstić information content (AvgIpc) is 3.27. The third kappa shape index (κ3) is 4.13. The predicted molar refractivity (Wildman–Crippen MR) is 128 cm³/mol. The molecule has 0 aliphatic rings. The molecule has 0 unspecified atom stereocenters. The first-order valence-corrected chi connectivity index (χ1v) is 10.8. The highest BCUT2D eigenvalue weighted by molar-refractivity contribution is 6.03. The van der Waals surface area contributed by atoms with Crippen LogP contribution in [0.1, 0.15) is 11.1 Å². The van der Waals surface area contributed by atoms with Crippen LogP contribution in [-0.2, 0) is 12.8 Å². The van der Waals surface area contributed by atoms with Crippen LogP contribution >= 0.6 is 0 Å². The maximum atomic E-state index is 10.7. The van der Waals surface area contributed by atoms with Gasteiger partial charge in [0.05, 0.1) is 38.9 Å². The normalized spacial score (nSPS) is 12.5. The zero-order valence-electron chi connectivity index (χ0n) is 19.1. The lowest BCUT2D eigenvalue weighted by Crippen LogP contribution is -2.36. The van der Waals surface area contributed by atoms with Crippen LogP contribution in [0.25, 0.3) is 33.1 Å². The van der Waals surface area contributed by atoms with E-state index in [1.807, 2.05) is 24.4 Å². The molecular weight excluding hydrogens is 388 g/mol. The van der Waals surface area contributed by atoms with Crippen LogP contribution in [0.2, 0.25) is 0 Å². The fourth-order valence-electron chi connectivity index (χ4n) is 4.27. The Hall–Kier alpha value is -2.96. The molecule has 0 amide bonds. The van der Waals surface area contributed by atoms with E-state index in [0.29, 0.717) is 11.5 Å². The van der Waals surface area contributed by atoms with E-state index in [0.717, 1.165) is 74.6 Å². The van der Waals surface area contributed by atoms with Crippen LogP contribution in [0.5, 0.6) is 11.5 Å². The number of aromatic nitrogens is 2. The number of phenolic OH excluding ortho intramolecular Hbond substituents is 2. The Morgan fingerprint density at radius 2 is 1.68 bits per heavy atom. The second-order valence-electron chi connectivity index (χ2n) is 9.69. The van der Waals surface area contributed by atoms with E-state index < -0.39 is 0 Å². The second-order valence-corrected chi connectivity index (χ2v) is 9.69. The predicted octanol–water partition coefficient (Wildman–Crippen LogP) is 4.08. The van der Waals surface area contributed by atoms with Crippen LogP contribution in [0.3, 0.4) is 0 Å². The molecule has 0 fully saturated rings. The number of hydrogen-bond donors (Lipinski definition) is 4. The summed E-state index contributed by atoms with van der Waals surface area (Å²) in [6.45, 7) is 1.85. The van der Waals surface area contributed by atoms with Crippen molar-refractivity contribution in [2.45, 2.75) is 12.8 Å². The number of benzene rings is 2. The fourth-order valence-corrected chi connectivity index (χ4v) is 4.27. The van der Waals surface area contributed by atoms with Crippen LogP contribution in [0.4, 0.5) is 0 Å². The van der Waals surface area contributed by atoms with Crippen molar-refractivity contribution >= 4 is 21.8 Å². The summed E-state index contributed by atoms with van der Waals surface area (Å²) in [5, 5.41) is 23.0. The Morgan fingerprint density at radius 3 is 2.39 bits per heavy atom. The Kier molecular flexibility index (Phi) is 5.45. The molecule has 0 atom stereocenters. The number of quaternary nitrogens is 1. The summed E-state index contributed by atoms with van der Waals surface area (Å²) < 4.78 is 0.864. The highest BCUT2D eigenvalue weighted by atomic mass is 16.3. The van der Waals surface area contributed by atoms with Crippen molar-refractivity contribution in [3.63, 3.8) is 0 Å². The van der Waals surface area contributed by atoms with Gasteiger partial charge >= 0.3 is 0 Å². The molecule has 0 saturated heterocycles. The third-order valence-electron chi connectivity index (χ3n) is 5.93. The van der Waals surface area contributed by atoms with E-state index in [2.05, 4.69) is 50.1 Å². The fraction of sp³-hybridized carbons (Fsp3) is 0.360. The number of aromatic amines is 2. The molecule has 2 aromatic heterocycles. The number of nitrogens with one attached hydrogen (secondary N) is 2. The number of phenols is 2. The van der Waals surface area contributed by atoms with Gasteiger partial charge < -0.3 is 29.6 Å². The van der Waals surface area contributed by atoms with Gasteiger partial charge in [0.1, 0.15) is 11.5 Å². The van der Waals surface area contributed by atoms with Gasteiger partial charge in [-0.2, -0.15) is 0 Å². The van der Waals surface area contributed by atoms with Gasteiger partial charge in [-0.15, -0.1) is 0 Å². The van der Waals surface area contributed by atoms with Crippen molar-refractivity contribution in [3.05, 3.63) is 47.7 Å². The molecule has 2 heterocycles. The van der Waals surface area contributed by atoms with Crippen LogP contribution in [0.15, 0.2) is 36.5 Å². The summed E-state index contributed by atoms with van der Waals surface area (Å²) in [6.07, 6.45) is 3.70. The maximum Gasteiger partial charge on any atom is 0.125 e. The van der Waals surface area contributed by atoms with Crippen LogP contribution in [0, 0.1) is 0 Å². The zero-order valence-corrected chi connectivity index (χ0v) is 19.1. The lowest BCUT2D eigenvalue weighted by atomic mass is 9.98. The molecule has 0 aliphatic carbocycles. The van der Waals surface area contributed by atoms with Gasteiger partial charge in [-0.25, -0.2) is 0 Å². The minimum atomic E-state index is 0.291. The van der Waals surface area contributed by atoms with Gasteiger partial charge in [0.25, 0.3) is 0 Å². The van der Waals surface area contributed by atoms with Crippen molar-refractivity contribution in [1.29, 1.82) is 0 Å². The third-order valence-corrected chi connectivity index (χ3v) is 5.93. The van der Waals surface area contributed by atoms with E-state index in [4.69, 9.17) is 0 Å². The van der Waals surface area contributed by atoms with E-state index >= 15 is 0 Å². The van der Waals surface area contributed by atoms with Gasteiger partial charge in [0, 0.05) is 41.0 Å². The molecule has 6 heteroatoms. The second kappa shape index (κ2) is 7.94. The van der Waals surface area contributed by atoms with E-state index in [1.165, 1.54) is 0 Å². The summed E-state index contributed by atoms with van der Waals surface area (Å²) in [5.41, 5.74) is 6.06. The Bertz CT molecular complexity index is 1230. The lowest BCUT2D eigenvalue weighted by Gasteiger charge is -2.23. The minimum Gasteiger partial charge on any atom is -0.507 e. The molecule has 4 aromatic rings. The molecule has 4 N–H and O–H groups in total. The van der Waals surface area contributed by atoms with Crippen LogP contribution < -0.4 is 0 Å². The smallest absolute Gasteiger partial charge is 0.125 e.